The molecule has 0 radical (unpaired) electrons. The van der Waals surface area contributed by atoms with Gasteiger partial charge >= 0.3 is 0 Å². The predicted molar refractivity (Wildman–Crippen MR) is 74.7 cm³/mol. The zero-order chi connectivity index (χ0) is 13.5. The largest absolute Gasteiger partial charge is 0.494 e. The fourth-order valence-electron chi connectivity index (χ4n) is 1.43. The van der Waals surface area contributed by atoms with Gasteiger partial charge in [-0.15, -0.1) is 10.2 Å². The van der Waals surface area contributed by atoms with Crippen molar-refractivity contribution in [1.82, 2.24) is 10.2 Å². The van der Waals surface area contributed by atoms with Crippen LogP contribution < -0.4 is 10.1 Å². The van der Waals surface area contributed by atoms with Crippen LogP contribution in [0.4, 0.5) is 5.13 Å². The minimum absolute atomic E-state index is 0.197. The van der Waals surface area contributed by atoms with Gasteiger partial charge in [-0.3, -0.25) is 10.1 Å². The molecule has 1 aromatic carbocycles. The average Bonchev–Trinajstić information content (AvgIpc) is 2.93. The Labute approximate surface area is 115 Å². The van der Waals surface area contributed by atoms with Crippen molar-refractivity contribution in [1.29, 1.82) is 0 Å². The summed E-state index contributed by atoms with van der Waals surface area (Å²) in [5.41, 5.74) is 2.14. The first-order valence-corrected chi connectivity index (χ1v) is 6.98. The van der Waals surface area contributed by atoms with Crippen molar-refractivity contribution in [3.05, 3.63) is 35.3 Å². The first-order chi connectivity index (χ1) is 9.29. The standard InChI is InChI=1S/C13H15N3O2S/c1-2-3-8-18-11-6-4-10(5-7-11)12(17)15-13-16-14-9-19-13/h4-7,9H,2-3,8H2,1H3,(H,15,16,17). The van der Waals surface area contributed by atoms with Crippen molar-refractivity contribution in [2.75, 3.05) is 11.9 Å². The molecular formula is C13H15N3O2S. The summed E-state index contributed by atoms with van der Waals surface area (Å²) in [5, 5.41) is 10.6. The third-order valence-corrected chi connectivity index (χ3v) is 3.07. The monoisotopic (exact) mass is 277 g/mol. The van der Waals surface area contributed by atoms with E-state index in [1.165, 1.54) is 11.3 Å². The zero-order valence-electron chi connectivity index (χ0n) is 10.6. The van der Waals surface area contributed by atoms with Gasteiger partial charge in [-0.25, -0.2) is 0 Å². The van der Waals surface area contributed by atoms with Gasteiger partial charge < -0.3 is 4.74 Å². The Morgan fingerprint density at radius 3 is 2.79 bits per heavy atom. The van der Waals surface area contributed by atoms with E-state index in [0.717, 1.165) is 18.6 Å². The number of ether oxygens (including phenoxy) is 1. The molecule has 0 unspecified atom stereocenters. The van der Waals surface area contributed by atoms with Gasteiger partial charge in [0.1, 0.15) is 11.3 Å². The molecule has 0 spiro atoms. The molecule has 1 heterocycles. The molecule has 0 aliphatic rings. The highest BCUT2D eigenvalue weighted by Crippen LogP contribution is 2.15. The number of hydrogen-bond acceptors (Lipinski definition) is 5. The average molecular weight is 277 g/mol. The normalized spacial score (nSPS) is 10.2. The number of rotatable bonds is 6. The SMILES string of the molecule is CCCCOc1ccc(C(=O)Nc2nncs2)cc1. The maximum atomic E-state index is 11.9. The minimum atomic E-state index is -0.197. The summed E-state index contributed by atoms with van der Waals surface area (Å²) >= 11 is 1.28. The fourth-order valence-corrected chi connectivity index (χ4v) is 1.87. The second-order valence-corrected chi connectivity index (χ2v) is 4.76. The van der Waals surface area contributed by atoms with Crippen LogP contribution in [0.2, 0.25) is 0 Å². The summed E-state index contributed by atoms with van der Waals surface area (Å²) in [6.07, 6.45) is 2.13. The predicted octanol–water partition coefficient (Wildman–Crippen LogP) is 2.97. The smallest absolute Gasteiger partial charge is 0.257 e. The van der Waals surface area contributed by atoms with Crippen LogP contribution in [0.1, 0.15) is 30.1 Å². The lowest BCUT2D eigenvalue weighted by Crippen LogP contribution is -2.11. The Morgan fingerprint density at radius 2 is 2.16 bits per heavy atom. The van der Waals surface area contributed by atoms with Crippen molar-refractivity contribution >= 4 is 22.4 Å². The summed E-state index contributed by atoms with van der Waals surface area (Å²) in [6.45, 7) is 2.82. The summed E-state index contributed by atoms with van der Waals surface area (Å²) in [4.78, 5) is 11.9. The minimum Gasteiger partial charge on any atom is -0.494 e. The third kappa shape index (κ3) is 4.03. The Hall–Kier alpha value is -1.95. The highest BCUT2D eigenvalue weighted by molar-refractivity contribution is 7.13. The van der Waals surface area contributed by atoms with Crippen molar-refractivity contribution < 1.29 is 9.53 Å². The lowest BCUT2D eigenvalue weighted by molar-refractivity contribution is 0.102. The molecule has 1 aromatic heterocycles. The van der Waals surface area contributed by atoms with Gasteiger partial charge in [-0.2, -0.15) is 0 Å². The zero-order valence-corrected chi connectivity index (χ0v) is 11.4. The van der Waals surface area contributed by atoms with E-state index in [4.69, 9.17) is 4.74 Å². The Morgan fingerprint density at radius 1 is 1.37 bits per heavy atom. The van der Waals surface area contributed by atoms with E-state index in [-0.39, 0.29) is 5.91 Å². The van der Waals surface area contributed by atoms with Crippen molar-refractivity contribution in [2.45, 2.75) is 19.8 Å². The van der Waals surface area contributed by atoms with Crippen molar-refractivity contribution in [3.63, 3.8) is 0 Å². The maximum absolute atomic E-state index is 11.9. The molecule has 5 nitrogen and oxygen atoms in total. The molecule has 0 saturated heterocycles. The highest BCUT2D eigenvalue weighted by atomic mass is 32.1. The lowest BCUT2D eigenvalue weighted by Gasteiger charge is -2.06. The molecule has 0 bridgehead atoms. The van der Waals surface area contributed by atoms with E-state index in [0.29, 0.717) is 17.3 Å². The number of unbranched alkanes of at least 4 members (excludes halogenated alkanes) is 1. The van der Waals surface area contributed by atoms with Crippen molar-refractivity contribution in [3.8, 4) is 5.75 Å². The lowest BCUT2D eigenvalue weighted by atomic mass is 10.2. The van der Waals surface area contributed by atoms with E-state index < -0.39 is 0 Å². The van der Waals surface area contributed by atoms with Crippen molar-refractivity contribution in [2.24, 2.45) is 0 Å². The van der Waals surface area contributed by atoms with E-state index in [9.17, 15) is 4.79 Å². The number of nitrogens with zero attached hydrogens (tertiary/aromatic N) is 2. The van der Waals surface area contributed by atoms with E-state index in [1.54, 1.807) is 29.8 Å². The first-order valence-electron chi connectivity index (χ1n) is 6.10. The van der Waals surface area contributed by atoms with Crippen LogP contribution in [-0.2, 0) is 0 Å². The maximum Gasteiger partial charge on any atom is 0.257 e. The first kappa shape index (κ1) is 13.5. The van der Waals surface area contributed by atoms with Crippen LogP contribution >= 0.6 is 11.3 Å². The molecule has 1 N–H and O–H groups in total. The number of hydrogen-bond donors (Lipinski definition) is 1. The third-order valence-electron chi connectivity index (χ3n) is 2.46. The van der Waals surface area contributed by atoms with Gasteiger partial charge in [-0.05, 0) is 30.7 Å². The Balaban J connectivity index is 1.92. The van der Waals surface area contributed by atoms with Gasteiger partial charge in [0, 0.05) is 5.56 Å². The van der Waals surface area contributed by atoms with Gasteiger partial charge in [-0.1, -0.05) is 24.7 Å². The number of aromatic nitrogens is 2. The number of carbonyl (C=O) groups excluding carboxylic acids is 1. The summed E-state index contributed by atoms with van der Waals surface area (Å²) in [6, 6.07) is 7.06. The molecule has 0 atom stereocenters. The van der Waals surface area contributed by atoms with Crippen LogP contribution in [0, 0.1) is 0 Å². The van der Waals surface area contributed by atoms with Crippen LogP contribution in [0.5, 0.6) is 5.75 Å². The molecule has 1 amide bonds. The van der Waals surface area contributed by atoms with E-state index in [1.807, 2.05) is 0 Å². The highest BCUT2D eigenvalue weighted by Gasteiger charge is 2.07. The number of nitrogens with one attached hydrogen (secondary N) is 1. The second-order valence-electron chi connectivity index (χ2n) is 3.92. The molecule has 2 rings (SSSR count). The Kier molecular flexibility index (Phi) is 4.85. The second kappa shape index (κ2) is 6.84. The van der Waals surface area contributed by atoms with Gasteiger partial charge in [0.05, 0.1) is 6.61 Å². The quantitative estimate of drug-likeness (QED) is 0.824. The van der Waals surface area contributed by atoms with Crippen LogP contribution in [0.25, 0.3) is 0 Å². The number of anilines is 1. The summed E-state index contributed by atoms with van der Waals surface area (Å²) in [7, 11) is 0. The molecule has 19 heavy (non-hydrogen) atoms. The molecule has 100 valence electrons. The topological polar surface area (TPSA) is 64.1 Å². The molecule has 0 fully saturated rings. The Bertz CT molecular complexity index is 511. The molecule has 6 heteroatoms. The molecule has 2 aromatic rings. The van der Waals surface area contributed by atoms with Crippen LogP contribution in [0.3, 0.4) is 0 Å². The summed E-state index contributed by atoms with van der Waals surface area (Å²) < 4.78 is 5.54. The van der Waals surface area contributed by atoms with Gasteiger partial charge in [0.15, 0.2) is 0 Å². The van der Waals surface area contributed by atoms with Gasteiger partial charge in [0.25, 0.3) is 5.91 Å². The van der Waals surface area contributed by atoms with E-state index >= 15 is 0 Å². The molecule has 0 aliphatic heterocycles. The summed E-state index contributed by atoms with van der Waals surface area (Å²) in [5.74, 6) is 0.581. The van der Waals surface area contributed by atoms with Crippen LogP contribution in [-0.4, -0.2) is 22.7 Å². The number of carbonyl (C=O) groups is 1. The molecular weight excluding hydrogens is 262 g/mol. The van der Waals surface area contributed by atoms with E-state index in [2.05, 4.69) is 22.4 Å². The fraction of sp³-hybridized carbons (Fsp3) is 0.308. The van der Waals surface area contributed by atoms with Crippen LogP contribution in [0.15, 0.2) is 29.8 Å². The van der Waals surface area contributed by atoms with Gasteiger partial charge in [0.2, 0.25) is 5.13 Å². The number of amides is 1. The number of benzene rings is 1. The molecule has 0 aliphatic carbocycles. The molecule has 0 saturated carbocycles.